The molecule has 2 aromatic heterocycles. The molecule has 7 nitrogen and oxygen atoms in total. The Kier molecular flexibility index (Phi) is 5.21. The zero-order chi connectivity index (χ0) is 15.2. The van der Waals surface area contributed by atoms with E-state index in [0.29, 0.717) is 11.9 Å². The number of hydrogen-bond donors (Lipinski definition) is 2. The Bertz CT molecular complexity index is 540. The average Bonchev–Trinajstić information content (AvgIpc) is 2.96. The molecule has 2 rings (SSSR count). The lowest BCUT2D eigenvalue weighted by Crippen LogP contribution is -2.09. The third-order valence-electron chi connectivity index (χ3n) is 3.12. The highest BCUT2D eigenvalue weighted by Gasteiger charge is 2.04. The molecular formula is C14H24N6O. The number of nitrogen functional groups attached to an aromatic ring is 1. The quantitative estimate of drug-likeness (QED) is 0.717. The van der Waals surface area contributed by atoms with Gasteiger partial charge in [0.2, 0.25) is 11.9 Å². The van der Waals surface area contributed by atoms with Gasteiger partial charge in [0.1, 0.15) is 11.5 Å². The van der Waals surface area contributed by atoms with Gasteiger partial charge < -0.3 is 20.4 Å². The second kappa shape index (κ2) is 7.12. The van der Waals surface area contributed by atoms with Gasteiger partial charge in [0.15, 0.2) is 0 Å². The fraction of sp³-hybridized carbons (Fsp3) is 0.571. The molecule has 21 heavy (non-hydrogen) atoms. The van der Waals surface area contributed by atoms with Crippen molar-refractivity contribution in [1.82, 2.24) is 19.7 Å². The summed E-state index contributed by atoms with van der Waals surface area (Å²) in [6.45, 7) is 1.67. The second-order valence-electron chi connectivity index (χ2n) is 5.41. The van der Waals surface area contributed by atoms with Crippen molar-refractivity contribution < 1.29 is 4.42 Å². The smallest absolute Gasteiger partial charge is 0.243 e. The van der Waals surface area contributed by atoms with Gasteiger partial charge in [-0.1, -0.05) is 0 Å². The SMILES string of the molecule is CN(C)Cc1ccc(CCCCNc2nc(N)n(C)n2)o1. The summed E-state index contributed by atoms with van der Waals surface area (Å²) in [6, 6.07) is 4.11. The summed E-state index contributed by atoms with van der Waals surface area (Å²) in [5.41, 5.74) is 5.62. The third-order valence-corrected chi connectivity index (χ3v) is 3.12. The molecule has 0 radical (unpaired) electrons. The van der Waals surface area contributed by atoms with Gasteiger partial charge in [0, 0.05) is 20.0 Å². The number of aryl methyl sites for hydroxylation is 2. The minimum Gasteiger partial charge on any atom is -0.465 e. The minimum absolute atomic E-state index is 0.418. The van der Waals surface area contributed by atoms with Crippen LogP contribution in [0, 0.1) is 0 Å². The lowest BCUT2D eigenvalue weighted by atomic mass is 10.2. The van der Waals surface area contributed by atoms with E-state index >= 15 is 0 Å². The molecule has 0 aliphatic rings. The number of unbranched alkanes of at least 4 members (excludes halogenated alkanes) is 1. The highest BCUT2D eigenvalue weighted by Crippen LogP contribution is 2.12. The molecule has 2 aromatic rings. The van der Waals surface area contributed by atoms with Crippen LogP contribution in [0.4, 0.5) is 11.9 Å². The van der Waals surface area contributed by atoms with Crippen LogP contribution in [-0.4, -0.2) is 40.3 Å². The summed E-state index contributed by atoms with van der Waals surface area (Å²) in [4.78, 5) is 6.19. The van der Waals surface area contributed by atoms with Gasteiger partial charge in [-0.15, -0.1) is 5.10 Å². The van der Waals surface area contributed by atoms with E-state index in [9.17, 15) is 0 Å². The molecule has 0 atom stereocenters. The number of furan rings is 1. The van der Waals surface area contributed by atoms with E-state index in [1.165, 1.54) is 0 Å². The molecular weight excluding hydrogens is 268 g/mol. The van der Waals surface area contributed by atoms with Crippen LogP contribution in [0.5, 0.6) is 0 Å². The number of nitrogens with zero attached hydrogens (tertiary/aromatic N) is 4. The van der Waals surface area contributed by atoms with E-state index < -0.39 is 0 Å². The van der Waals surface area contributed by atoms with Gasteiger partial charge in [0.25, 0.3) is 0 Å². The van der Waals surface area contributed by atoms with Crippen LogP contribution in [0.2, 0.25) is 0 Å². The van der Waals surface area contributed by atoms with E-state index in [1.807, 2.05) is 20.2 Å². The second-order valence-corrected chi connectivity index (χ2v) is 5.41. The molecule has 116 valence electrons. The van der Waals surface area contributed by atoms with Crippen LogP contribution in [0.1, 0.15) is 24.4 Å². The fourth-order valence-electron chi connectivity index (χ4n) is 2.05. The first-order valence-corrected chi connectivity index (χ1v) is 7.17. The maximum atomic E-state index is 5.77. The van der Waals surface area contributed by atoms with Crippen LogP contribution >= 0.6 is 0 Å². The zero-order valence-electron chi connectivity index (χ0n) is 13.0. The summed E-state index contributed by atoms with van der Waals surface area (Å²) < 4.78 is 7.32. The van der Waals surface area contributed by atoms with E-state index in [1.54, 1.807) is 11.7 Å². The number of aromatic nitrogens is 3. The Morgan fingerprint density at radius 3 is 2.71 bits per heavy atom. The average molecular weight is 292 g/mol. The minimum atomic E-state index is 0.418. The van der Waals surface area contributed by atoms with Crippen molar-refractivity contribution in [1.29, 1.82) is 0 Å². The van der Waals surface area contributed by atoms with Crippen LogP contribution in [0.15, 0.2) is 16.5 Å². The molecule has 7 heteroatoms. The predicted octanol–water partition coefficient (Wildman–Crippen LogP) is 1.49. The van der Waals surface area contributed by atoms with Gasteiger partial charge >= 0.3 is 0 Å². The van der Waals surface area contributed by atoms with Crippen LogP contribution in [0.25, 0.3) is 0 Å². The van der Waals surface area contributed by atoms with Gasteiger partial charge in [-0.05, 0) is 39.1 Å². The Labute approximate surface area is 125 Å². The first-order valence-electron chi connectivity index (χ1n) is 7.17. The van der Waals surface area contributed by atoms with Crippen molar-refractivity contribution in [2.24, 2.45) is 7.05 Å². The van der Waals surface area contributed by atoms with Gasteiger partial charge in [0.05, 0.1) is 6.54 Å². The molecule has 0 aromatic carbocycles. The molecule has 0 aliphatic carbocycles. The summed E-state index contributed by atoms with van der Waals surface area (Å²) in [5, 5.41) is 7.31. The molecule has 0 saturated heterocycles. The Morgan fingerprint density at radius 1 is 1.29 bits per heavy atom. The Hall–Kier alpha value is -2.02. The first kappa shape index (κ1) is 15.4. The molecule has 0 unspecified atom stereocenters. The fourth-order valence-corrected chi connectivity index (χ4v) is 2.05. The van der Waals surface area contributed by atoms with Crippen molar-refractivity contribution in [3.8, 4) is 0 Å². The topological polar surface area (TPSA) is 85.1 Å². The summed E-state index contributed by atoms with van der Waals surface area (Å²) in [7, 11) is 5.84. The maximum Gasteiger partial charge on any atom is 0.243 e. The van der Waals surface area contributed by atoms with Crippen molar-refractivity contribution in [2.75, 3.05) is 31.7 Å². The number of nitrogens with one attached hydrogen (secondary N) is 1. The molecule has 0 aliphatic heterocycles. The van der Waals surface area contributed by atoms with Crippen LogP contribution in [0.3, 0.4) is 0 Å². The predicted molar refractivity (Wildman–Crippen MR) is 82.9 cm³/mol. The molecule has 0 amide bonds. The summed E-state index contributed by atoms with van der Waals surface area (Å²) >= 11 is 0. The molecule has 0 spiro atoms. The van der Waals surface area contributed by atoms with E-state index in [-0.39, 0.29) is 0 Å². The summed E-state index contributed by atoms with van der Waals surface area (Å²) in [5.74, 6) is 3.07. The van der Waals surface area contributed by atoms with Crippen molar-refractivity contribution >= 4 is 11.9 Å². The zero-order valence-corrected chi connectivity index (χ0v) is 13.0. The lowest BCUT2D eigenvalue weighted by Gasteiger charge is -2.05. The first-order chi connectivity index (χ1) is 10.0. The lowest BCUT2D eigenvalue weighted by molar-refractivity contribution is 0.341. The molecule has 2 heterocycles. The van der Waals surface area contributed by atoms with Gasteiger partial charge in [-0.25, -0.2) is 4.68 Å². The Balaban J connectivity index is 1.64. The van der Waals surface area contributed by atoms with Crippen molar-refractivity contribution in [3.05, 3.63) is 23.7 Å². The molecule has 0 saturated carbocycles. The Morgan fingerprint density at radius 2 is 2.05 bits per heavy atom. The van der Waals surface area contributed by atoms with Crippen molar-refractivity contribution in [3.63, 3.8) is 0 Å². The maximum absolute atomic E-state index is 5.77. The standard InChI is InChI=1S/C14H24N6O/c1-19(2)10-12-8-7-11(21-12)6-4-5-9-16-14-17-13(15)20(3)18-14/h7-8H,4-6,9-10H2,1-3H3,(H3,15,16,17,18). The van der Waals surface area contributed by atoms with E-state index in [0.717, 1.165) is 43.9 Å². The van der Waals surface area contributed by atoms with E-state index in [4.69, 9.17) is 10.2 Å². The molecule has 3 N–H and O–H groups in total. The summed E-state index contributed by atoms with van der Waals surface area (Å²) in [6.07, 6.45) is 3.04. The van der Waals surface area contributed by atoms with Crippen LogP contribution < -0.4 is 11.1 Å². The van der Waals surface area contributed by atoms with Crippen LogP contribution in [-0.2, 0) is 20.0 Å². The molecule has 0 fully saturated rings. The highest BCUT2D eigenvalue weighted by atomic mass is 16.3. The largest absolute Gasteiger partial charge is 0.465 e. The number of nitrogens with two attached hydrogens (primary N) is 1. The number of anilines is 2. The van der Waals surface area contributed by atoms with Gasteiger partial charge in [-0.3, -0.25) is 0 Å². The normalized spacial score (nSPS) is 11.2. The number of hydrogen-bond acceptors (Lipinski definition) is 6. The molecule has 0 bridgehead atoms. The van der Waals surface area contributed by atoms with Crippen molar-refractivity contribution in [2.45, 2.75) is 25.8 Å². The third kappa shape index (κ3) is 4.78. The van der Waals surface area contributed by atoms with E-state index in [2.05, 4.69) is 26.4 Å². The highest BCUT2D eigenvalue weighted by molar-refractivity contribution is 5.30. The number of rotatable bonds is 8. The van der Waals surface area contributed by atoms with Gasteiger partial charge in [-0.2, -0.15) is 4.98 Å². The monoisotopic (exact) mass is 292 g/mol.